The van der Waals surface area contributed by atoms with E-state index in [1.807, 2.05) is 12.3 Å². The van der Waals surface area contributed by atoms with Crippen LogP contribution < -0.4 is 5.32 Å². The minimum atomic E-state index is -0.110. The Labute approximate surface area is 100 Å². The summed E-state index contributed by atoms with van der Waals surface area (Å²) >= 11 is 1.55. The van der Waals surface area contributed by atoms with Crippen LogP contribution in [-0.2, 0) is 4.79 Å². The van der Waals surface area contributed by atoms with Crippen LogP contribution in [0, 0.1) is 5.92 Å². The Balaban J connectivity index is 1.79. The average molecular weight is 238 g/mol. The number of hydrogen-bond donors (Lipinski definition) is 1. The number of hydrogen-bond acceptors (Lipinski definition) is 3. The quantitative estimate of drug-likeness (QED) is 0.876. The summed E-state index contributed by atoms with van der Waals surface area (Å²) in [6.45, 7) is 2.76. The van der Waals surface area contributed by atoms with Gasteiger partial charge in [0.2, 0.25) is 5.91 Å². The van der Waals surface area contributed by atoms with Crippen molar-refractivity contribution in [2.45, 2.75) is 38.5 Å². The van der Waals surface area contributed by atoms with Crippen molar-refractivity contribution in [2.75, 3.05) is 6.54 Å². The zero-order chi connectivity index (χ0) is 11.4. The Morgan fingerprint density at radius 3 is 3.00 bits per heavy atom. The van der Waals surface area contributed by atoms with Crippen molar-refractivity contribution in [3.8, 4) is 0 Å². The fraction of sp³-hybridized carbons (Fsp3) is 0.667. The first-order chi connectivity index (χ1) is 7.77. The molecule has 4 heteroatoms. The molecule has 1 N–H and O–H groups in total. The normalized spacial score (nSPS) is 18.6. The van der Waals surface area contributed by atoms with E-state index < -0.39 is 0 Å². The standard InChI is InChI=1S/C12H18N2OS/c1-9(12-13-6-7-16-12)11(15)14-8-10-4-2-3-5-10/h6-7,9-10H,2-5,8H2,1H3,(H,14,15). The number of amides is 1. The van der Waals surface area contributed by atoms with Crippen LogP contribution in [0.1, 0.15) is 43.5 Å². The first kappa shape index (κ1) is 11.6. The predicted octanol–water partition coefficient (Wildman–Crippen LogP) is 2.55. The molecular formula is C12H18N2OS. The molecule has 0 spiro atoms. The molecule has 1 aliphatic carbocycles. The number of carbonyl (C=O) groups is 1. The van der Waals surface area contributed by atoms with Crippen LogP contribution in [0.3, 0.4) is 0 Å². The molecule has 0 bridgehead atoms. The van der Waals surface area contributed by atoms with Gasteiger partial charge in [-0.15, -0.1) is 11.3 Å². The molecule has 1 aromatic heterocycles. The zero-order valence-electron chi connectivity index (χ0n) is 9.61. The summed E-state index contributed by atoms with van der Waals surface area (Å²) < 4.78 is 0. The highest BCUT2D eigenvalue weighted by Crippen LogP contribution is 2.24. The van der Waals surface area contributed by atoms with Gasteiger partial charge in [0.25, 0.3) is 0 Å². The molecule has 1 saturated carbocycles. The molecule has 0 saturated heterocycles. The van der Waals surface area contributed by atoms with E-state index in [0.29, 0.717) is 5.92 Å². The van der Waals surface area contributed by atoms with E-state index in [2.05, 4.69) is 10.3 Å². The van der Waals surface area contributed by atoms with Crippen LogP contribution in [-0.4, -0.2) is 17.4 Å². The summed E-state index contributed by atoms with van der Waals surface area (Å²) in [6, 6.07) is 0. The molecule has 1 heterocycles. The molecule has 1 fully saturated rings. The van der Waals surface area contributed by atoms with Crippen LogP contribution in [0.5, 0.6) is 0 Å². The minimum absolute atomic E-state index is 0.110. The van der Waals surface area contributed by atoms with Gasteiger partial charge in [0.1, 0.15) is 5.01 Å². The maximum absolute atomic E-state index is 11.9. The summed E-state index contributed by atoms with van der Waals surface area (Å²) in [5.74, 6) is 0.704. The number of rotatable bonds is 4. The number of thiazole rings is 1. The van der Waals surface area contributed by atoms with Crippen LogP contribution in [0.4, 0.5) is 0 Å². The lowest BCUT2D eigenvalue weighted by molar-refractivity contribution is -0.122. The number of aromatic nitrogens is 1. The maximum Gasteiger partial charge on any atom is 0.229 e. The van der Waals surface area contributed by atoms with Crippen molar-refractivity contribution >= 4 is 17.2 Å². The van der Waals surface area contributed by atoms with Crippen molar-refractivity contribution in [2.24, 2.45) is 5.92 Å². The molecule has 0 aromatic carbocycles. The Bertz CT molecular complexity index is 331. The second-order valence-corrected chi connectivity index (χ2v) is 5.41. The van der Waals surface area contributed by atoms with Gasteiger partial charge in [0, 0.05) is 18.1 Å². The van der Waals surface area contributed by atoms with Crippen LogP contribution in [0.25, 0.3) is 0 Å². The number of nitrogens with one attached hydrogen (secondary N) is 1. The fourth-order valence-corrected chi connectivity index (χ4v) is 2.87. The summed E-state index contributed by atoms with van der Waals surface area (Å²) in [7, 11) is 0. The summed E-state index contributed by atoms with van der Waals surface area (Å²) in [5.41, 5.74) is 0. The predicted molar refractivity (Wildman–Crippen MR) is 65.5 cm³/mol. The van der Waals surface area contributed by atoms with E-state index >= 15 is 0 Å². The molecule has 1 amide bonds. The van der Waals surface area contributed by atoms with Gasteiger partial charge in [-0.05, 0) is 25.7 Å². The Morgan fingerprint density at radius 2 is 2.38 bits per heavy atom. The second-order valence-electron chi connectivity index (χ2n) is 4.49. The van der Waals surface area contributed by atoms with Gasteiger partial charge in [-0.1, -0.05) is 12.8 Å². The highest BCUT2D eigenvalue weighted by atomic mass is 32.1. The number of nitrogens with zero attached hydrogens (tertiary/aromatic N) is 1. The fourth-order valence-electron chi connectivity index (χ4n) is 2.17. The van der Waals surface area contributed by atoms with Gasteiger partial charge < -0.3 is 5.32 Å². The topological polar surface area (TPSA) is 42.0 Å². The van der Waals surface area contributed by atoms with Crippen LogP contribution >= 0.6 is 11.3 Å². The van der Waals surface area contributed by atoms with Crippen molar-refractivity contribution in [1.82, 2.24) is 10.3 Å². The lowest BCUT2D eigenvalue weighted by Gasteiger charge is -2.13. The summed E-state index contributed by atoms with van der Waals surface area (Å²) in [6.07, 6.45) is 6.93. The van der Waals surface area contributed by atoms with Gasteiger partial charge in [-0.25, -0.2) is 4.98 Å². The molecule has 1 aromatic rings. The first-order valence-electron chi connectivity index (χ1n) is 5.94. The number of carbonyl (C=O) groups excluding carboxylic acids is 1. The summed E-state index contributed by atoms with van der Waals surface area (Å²) in [5, 5.41) is 5.86. The summed E-state index contributed by atoms with van der Waals surface area (Å²) in [4.78, 5) is 16.0. The molecule has 2 rings (SSSR count). The van der Waals surface area contributed by atoms with Gasteiger partial charge in [0.05, 0.1) is 5.92 Å². The monoisotopic (exact) mass is 238 g/mol. The van der Waals surface area contributed by atoms with Crippen molar-refractivity contribution in [1.29, 1.82) is 0 Å². The Hall–Kier alpha value is -0.900. The molecule has 1 atom stereocenters. The highest BCUT2D eigenvalue weighted by Gasteiger charge is 2.20. The molecule has 88 valence electrons. The molecule has 0 radical (unpaired) electrons. The lowest BCUT2D eigenvalue weighted by Crippen LogP contribution is -2.31. The minimum Gasteiger partial charge on any atom is -0.355 e. The molecule has 3 nitrogen and oxygen atoms in total. The Morgan fingerprint density at radius 1 is 1.62 bits per heavy atom. The maximum atomic E-state index is 11.9. The second kappa shape index (κ2) is 5.43. The molecule has 0 aliphatic heterocycles. The third-order valence-electron chi connectivity index (χ3n) is 3.25. The van der Waals surface area contributed by atoms with E-state index in [0.717, 1.165) is 11.6 Å². The highest BCUT2D eigenvalue weighted by molar-refractivity contribution is 7.09. The largest absolute Gasteiger partial charge is 0.355 e. The third-order valence-corrected chi connectivity index (χ3v) is 4.21. The average Bonchev–Trinajstić information content (AvgIpc) is 2.96. The van der Waals surface area contributed by atoms with Crippen molar-refractivity contribution < 1.29 is 4.79 Å². The van der Waals surface area contributed by atoms with Crippen molar-refractivity contribution in [3.63, 3.8) is 0 Å². The van der Waals surface area contributed by atoms with E-state index in [4.69, 9.17) is 0 Å². The smallest absolute Gasteiger partial charge is 0.229 e. The SMILES string of the molecule is CC(C(=O)NCC1CCCC1)c1nccs1. The molecule has 1 aliphatic rings. The van der Waals surface area contributed by atoms with E-state index in [-0.39, 0.29) is 11.8 Å². The lowest BCUT2D eigenvalue weighted by atomic mass is 10.1. The van der Waals surface area contributed by atoms with Crippen molar-refractivity contribution in [3.05, 3.63) is 16.6 Å². The van der Waals surface area contributed by atoms with E-state index in [9.17, 15) is 4.79 Å². The van der Waals surface area contributed by atoms with Gasteiger partial charge in [0.15, 0.2) is 0 Å². The van der Waals surface area contributed by atoms with E-state index in [1.54, 1.807) is 17.5 Å². The van der Waals surface area contributed by atoms with Gasteiger partial charge >= 0.3 is 0 Å². The molecule has 1 unspecified atom stereocenters. The van der Waals surface area contributed by atoms with Gasteiger partial charge in [-0.2, -0.15) is 0 Å². The Kier molecular flexibility index (Phi) is 3.93. The first-order valence-corrected chi connectivity index (χ1v) is 6.82. The van der Waals surface area contributed by atoms with Crippen LogP contribution in [0.15, 0.2) is 11.6 Å². The zero-order valence-corrected chi connectivity index (χ0v) is 10.4. The molecular weight excluding hydrogens is 220 g/mol. The van der Waals surface area contributed by atoms with Gasteiger partial charge in [-0.3, -0.25) is 4.79 Å². The van der Waals surface area contributed by atoms with Crippen LogP contribution in [0.2, 0.25) is 0 Å². The third kappa shape index (κ3) is 2.82. The van der Waals surface area contributed by atoms with E-state index in [1.165, 1.54) is 25.7 Å². The molecule has 16 heavy (non-hydrogen) atoms.